The number of para-hydroxylation sites is 2. The molecule has 3 heterocycles. The van der Waals surface area contributed by atoms with Crippen molar-refractivity contribution in [1.29, 1.82) is 0 Å². The lowest BCUT2D eigenvalue weighted by atomic mass is 9.86. The van der Waals surface area contributed by atoms with Crippen LogP contribution in [0.2, 0.25) is 0 Å². The number of aromatic nitrogens is 1. The number of ether oxygens (including phenoxy) is 2. The number of fused-ring (bicyclic) bond motifs is 4. The molecule has 2 atom stereocenters. The number of carbonyl (C=O) groups is 2. The predicted octanol–water partition coefficient (Wildman–Crippen LogP) is 3.90. The minimum Gasteiger partial charge on any atom is -0.493 e. The van der Waals surface area contributed by atoms with Crippen molar-refractivity contribution < 1.29 is 19.1 Å². The highest BCUT2D eigenvalue weighted by Crippen LogP contribution is 2.42. The number of hydrazone groups is 1. The van der Waals surface area contributed by atoms with E-state index >= 15 is 0 Å². The number of hydrogen-bond donors (Lipinski definition) is 1. The Morgan fingerprint density at radius 2 is 1.73 bits per heavy atom. The SMILES string of the molecule is COc1cccc(/C=N/N2CC(=O)N3C(c4ccccc4)c4[nH]c5ccccc5c4C[C@H]3C2=O)c1OC. The van der Waals surface area contributed by atoms with Gasteiger partial charge in [-0.25, -0.2) is 5.01 Å². The van der Waals surface area contributed by atoms with Gasteiger partial charge in [0.1, 0.15) is 12.6 Å². The fourth-order valence-electron chi connectivity index (χ4n) is 5.47. The summed E-state index contributed by atoms with van der Waals surface area (Å²) >= 11 is 0. The molecule has 6 rings (SSSR count). The zero-order chi connectivity index (χ0) is 25.5. The standard InChI is InChI=1S/C29H26N4O4/c1-36-24-14-8-11-19(28(24)37-2)16-30-32-17-25(34)33-23(29(32)35)15-21-20-12-6-7-13-22(20)31-26(21)27(33)18-9-4-3-5-10-18/h3-14,16,23,27,31H,15,17H2,1-2H3/b30-16+/t23-,27?/m0/s1. The van der Waals surface area contributed by atoms with Gasteiger partial charge in [0.2, 0.25) is 5.91 Å². The smallest absolute Gasteiger partial charge is 0.266 e. The highest BCUT2D eigenvalue weighted by atomic mass is 16.5. The summed E-state index contributed by atoms with van der Waals surface area (Å²) in [7, 11) is 3.11. The van der Waals surface area contributed by atoms with Crippen LogP contribution in [0.4, 0.5) is 0 Å². The molecule has 8 nitrogen and oxygen atoms in total. The summed E-state index contributed by atoms with van der Waals surface area (Å²) in [6, 6.07) is 22.3. The Kier molecular flexibility index (Phi) is 5.64. The van der Waals surface area contributed by atoms with Gasteiger partial charge in [-0.15, -0.1) is 0 Å². The Labute approximate surface area is 214 Å². The average Bonchev–Trinajstić information content (AvgIpc) is 3.31. The Hall–Kier alpha value is -4.59. The summed E-state index contributed by atoms with van der Waals surface area (Å²) in [6.07, 6.45) is 1.96. The number of aromatic amines is 1. The summed E-state index contributed by atoms with van der Waals surface area (Å²) < 4.78 is 10.8. The van der Waals surface area contributed by atoms with E-state index in [1.165, 1.54) is 11.2 Å². The van der Waals surface area contributed by atoms with Crippen molar-refractivity contribution in [3.05, 3.63) is 95.2 Å². The number of hydrogen-bond acceptors (Lipinski definition) is 5. The number of amides is 2. The van der Waals surface area contributed by atoms with E-state index < -0.39 is 6.04 Å². The van der Waals surface area contributed by atoms with Crippen LogP contribution in [0, 0.1) is 0 Å². The van der Waals surface area contributed by atoms with Crippen LogP contribution in [0.3, 0.4) is 0 Å². The molecular formula is C29H26N4O4. The lowest BCUT2D eigenvalue weighted by Gasteiger charge is -2.45. The van der Waals surface area contributed by atoms with Crippen LogP contribution in [0.25, 0.3) is 10.9 Å². The van der Waals surface area contributed by atoms with E-state index in [-0.39, 0.29) is 24.4 Å². The number of nitrogens with one attached hydrogen (secondary N) is 1. The molecule has 2 amide bonds. The van der Waals surface area contributed by atoms with Crippen LogP contribution in [-0.2, 0) is 16.0 Å². The highest BCUT2D eigenvalue weighted by Gasteiger charge is 2.48. The lowest BCUT2D eigenvalue weighted by Crippen LogP contribution is -2.61. The van der Waals surface area contributed by atoms with Gasteiger partial charge in [0.15, 0.2) is 11.5 Å². The molecule has 1 fully saturated rings. The quantitative estimate of drug-likeness (QED) is 0.426. The number of piperazine rings is 1. The van der Waals surface area contributed by atoms with Crippen LogP contribution in [0.5, 0.6) is 11.5 Å². The van der Waals surface area contributed by atoms with Crippen molar-refractivity contribution >= 4 is 28.9 Å². The van der Waals surface area contributed by atoms with Crippen LogP contribution < -0.4 is 9.47 Å². The van der Waals surface area contributed by atoms with Gasteiger partial charge in [-0.3, -0.25) is 9.59 Å². The number of rotatable bonds is 5. The number of methoxy groups -OCH3 is 2. The first-order chi connectivity index (χ1) is 18.1. The van der Waals surface area contributed by atoms with Crippen molar-refractivity contribution in [2.75, 3.05) is 20.8 Å². The number of benzene rings is 3. The molecule has 3 aromatic carbocycles. The first kappa shape index (κ1) is 22.8. The van der Waals surface area contributed by atoms with Crippen LogP contribution in [0.1, 0.15) is 28.4 Å². The maximum Gasteiger partial charge on any atom is 0.266 e. The van der Waals surface area contributed by atoms with Gasteiger partial charge in [0, 0.05) is 28.6 Å². The molecule has 2 aliphatic rings. The average molecular weight is 495 g/mol. The highest BCUT2D eigenvalue weighted by molar-refractivity contribution is 5.98. The first-order valence-electron chi connectivity index (χ1n) is 12.1. The third kappa shape index (κ3) is 3.72. The fourth-order valence-corrected chi connectivity index (χ4v) is 5.47. The van der Waals surface area contributed by atoms with E-state index in [0.29, 0.717) is 23.5 Å². The molecule has 186 valence electrons. The molecule has 1 N–H and O–H groups in total. The van der Waals surface area contributed by atoms with Gasteiger partial charge in [0.05, 0.1) is 26.5 Å². The molecule has 0 saturated carbocycles. The van der Waals surface area contributed by atoms with E-state index in [1.54, 1.807) is 25.2 Å². The molecule has 0 aliphatic carbocycles. The molecule has 2 aliphatic heterocycles. The second-order valence-corrected chi connectivity index (χ2v) is 9.12. The van der Waals surface area contributed by atoms with Crippen molar-refractivity contribution in [2.24, 2.45) is 5.10 Å². The van der Waals surface area contributed by atoms with E-state index in [0.717, 1.165) is 27.7 Å². The van der Waals surface area contributed by atoms with Gasteiger partial charge < -0.3 is 19.4 Å². The molecule has 37 heavy (non-hydrogen) atoms. The molecule has 0 spiro atoms. The number of carbonyl (C=O) groups excluding carboxylic acids is 2. The van der Waals surface area contributed by atoms with Crippen molar-refractivity contribution in [3.8, 4) is 11.5 Å². The molecule has 1 aromatic heterocycles. The number of nitrogens with zero attached hydrogens (tertiary/aromatic N) is 3. The minimum absolute atomic E-state index is 0.142. The second kappa shape index (κ2) is 9.13. The fraction of sp³-hybridized carbons (Fsp3) is 0.207. The molecule has 4 aromatic rings. The van der Waals surface area contributed by atoms with E-state index in [1.807, 2.05) is 60.7 Å². The monoisotopic (exact) mass is 494 g/mol. The van der Waals surface area contributed by atoms with Crippen molar-refractivity contribution in [3.63, 3.8) is 0 Å². The minimum atomic E-state index is -0.664. The van der Waals surface area contributed by atoms with E-state index in [4.69, 9.17) is 9.47 Å². The van der Waals surface area contributed by atoms with Crippen LogP contribution in [0.15, 0.2) is 77.9 Å². The molecule has 1 unspecified atom stereocenters. The van der Waals surface area contributed by atoms with Crippen molar-refractivity contribution in [2.45, 2.75) is 18.5 Å². The first-order valence-corrected chi connectivity index (χ1v) is 12.1. The molecule has 0 bridgehead atoms. The third-order valence-corrected chi connectivity index (χ3v) is 7.13. The van der Waals surface area contributed by atoms with Gasteiger partial charge >= 0.3 is 0 Å². The molecular weight excluding hydrogens is 468 g/mol. The largest absolute Gasteiger partial charge is 0.493 e. The van der Waals surface area contributed by atoms with E-state index in [2.05, 4.69) is 16.2 Å². The maximum atomic E-state index is 13.8. The van der Waals surface area contributed by atoms with E-state index in [9.17, 15) is 9.59 Å². The maximum absolute atomic E-state index is 13.8. The molecule has 0 radical (unpaired) electrons. The van der Waals surface area contributed by atoms with Gasteiger partial charge in [-0.05, 0) is 29.3 Å². The Balaban J connectivity index is 1.40. The molecule has 8 heteroatoms. The van der Waals surface area contributed by atoms with Crippen molar-refractivity contribution in [1.82, 2.24) is 14.9 Å². The summed E-state index contributed by atoms with van der Waals surface area (Å²) in [5.41, 5.74) is 4.62. The van der Waals surface area contributed by atoms with Crippen LogP contribution in [-0.4, -0.2) is 59.7 Å². The topological polar surface area (TPSA) is 87.2 Å². The summed E-state index contributed by atoms with van der Waals surface area (Å²) in [5, 5.41) is 6.77. The lowest BCUT2D eigenvalue weighted by molar-refractivity contribution is -0.158. The predicted molar refractivity (Wildman–Crippen MR) is 140 cm³/mol. The summed E-state index contributed by atoms with van der Waals surface area (Å²) in [6.45, 7) is -0.142. The summed E-state index contributed by atoms with van der Waals surface area (Å²) in [4.78, 5) is 32.7. The zero-order valence-electron chi connectivity index (χ0n) is 20.5. The zero-order valence-corrected chi connectivity index (χ0v) is 20.5. The number of H-pyrrole nitrogens is 1. The van der Waals surface area contributed by atoms with Gasteiger partial charge in [0.25, 0.3) is 5.91 Å². The molecule has 1 saturated heterocycles. The Morgan fingerprint density at radius 3 is 2.51 bits per heavy atom. The normalized spacial score (nSPS) is 19.3. The van der Waals surface area contributed by atoms with Crippen LogP contribution >= 0.6 is 0 Å². The third-order valence-electron chi connectivity index (χ3n) is 7.13. The van der Waals surface area contributed by atoms with Gasteiger partial charge in [-0.1, -0.05) is 54.6 Å². The Morgan fingerprint density at radius 1 is 0.946 bits per heavy atom. The second-order valence-electron chi connectivity index (χ2n) is 9.12. The Bertz CT molecular complexity index is 1530. The summed E-state index contributed by atoms with van der Waals surface area (Å²) in [5.74, 6) is 0.701. The van der Waals surface area contributed by atoms with Gasteiger partial charge in [-0.2, -0.15) is 5.10 Å².